The summed E-state index contributed by atoms with van der Waals surface area (Å²) in [6, 6.07) is 1.90. The molecule has 1 aliphatic rings. The molecule has 1 aliphatic heterocycles. The minimum atomic E-state index is -0.556. The fourth-order valence-corrected chi connectivity index (χ4v) is 2.04. The molecule has 5 nitrogen and oxygen atoms in total. The first kappa shape index (κ1) is 11.6. The van der Waals surface area contributed by atoms with Crippen LogP contribution in [0, 0.1) is 0 Å². The van der Waals surface area contributed by atoms with Gasteiger partial charge in [-0.05, 0) is 13.3 Å². The van der Waals surface area contributed by atoms with Crippen molar-refractivity contribution in [3.63, 3.8) is 0 Å². The van der Waals surface area contributed by atoms with Gasteiger partial charge in [-0.3, -0.25) is 4.90 Å². The standard InChI is InChI=1S/C11H18N2O3/c1-11(14)3-4-13(8-11)6-9-5-10(7-15-2)16-12-9/h5,14H,3-4,6-8H2,1-2H3. The summed E-state index contributed by atoms with van der Waals surface area (Å²) >= 11 is 0. The van der Waals surface area contributed by atoms with Crippen molar-refractivity contribution in [3.05, 3.63) is 17.5 Å². The Kier molecular flexibility index (Phi) is 3.28. The Hall–Kier alpha value is -0.910. The predicted molar refractivity (Wildman–Crippen MR) is 57.7 cm³/mol. The normalized spacial score (nSPS) is 26.4. The fraction of sp³-hybridized carbons (Fsp3) is 0.727. The number of ether oxygens (including phenoxy) is 1. The van der Waals surface area contributed by atoms with E-state index in [0.717, 1.165) is 31.0 Å². The lowest BCUT2D eigenvalue weighted by molar-refractivity contribution is 0.0676. The molecule has 1 unspecified atom stereocenters. The topological polar surface area (TPSA) is 58.7 Å². The van der Waals surface area contributed by atoms with Gasteiger partial charge in [-0.2, -0.15) is 0 Å². The highest BCUT2D eigenvalue weighted by Crippen LogP contribution is 2.21. The summed E-state index contributed by atoms with van der Waals surface area (Å²) in [4.78, 5) is 2.18. The third kappa shape index (κ3) is 2.81. The second-order valence-electron chi connectivity index (χ2n) is 4.68. The molecule has 1 aromatic rings. The molecule has 1 N–H and O–H groups in total. The van der Waals surface area contributed by atoms with Crippen LogP contribution in [0.1, 0.15) is 24.8 Å². The minimum absolute atomic E-state index is 0.449. The molecular weight excluding hydrogens is 208 g/mol. The van der Waals surface area contributed by atoms with Gasteiger partial charge in [0, 0.05) is 32.8 Å². The van der Waals surface area contributed by atoms with E-state index in [-0.39, 0.29) is 0 Å². The van der Waals surface area contributed by atoms with Crippen LogP contribution < -0.4 is 0 Å². The van der Waals surface area contributed by atoms with Crippen molar-refractivity contribution >= 4 is 0 Å². The van der Waals surface area contributed by atoms with Gasteiger partial charge < -0.3 is 14.4 Å². The minimum Gasteiger partial charge on any atom is -0.389 e. The third-order valence-corrected chi connectivity index (χ3v) is 2.81. The number of rotatable bonds is 4. The van der Waals surface area contributed by atoms with Crippen LogP contribution in [0.4, 0.5) is 0 Å². The Balaban J connectivity index is 1.89. The first-order valence-corrected chi connectivity index (χ1v) is 5.47. The molecule has 16 heavy (non-hydrogen) atoms. The quantitative estimate of drug-likeness (QED) is 0.822. The van der Waals surface area contributed by atoms with Gasteiger partial charge in [-0.25, -0.2) is 0 Å². The molecule has 2 heterocycles. The summed E-state index contributed by atoms with van der Waals surface area (Å²) in [6.45, 7) is 4.64. The van der Waals surface area contributed by atoms with Crippen LogP contribution in [0.2, 0.25) is 0 Å². The van der Waals surface area contributed by atoms with Crippen LogP contribution in [0.15, 0.2) is 10.6 Å². The fourth-order valence-electron chi connectivity index (χ4n) is 2.04. The van der Waals surface area contributed by atoms with Crippen molar-refractivity contribution in [2.75, 3.05) is 20.2 Å². The van der Waals surface area contributed by atoms with E-state index in [2.05, 4.69) is 10.1 Å². The summed E-state index contributed by atoms with van der Waals surface area (Å²) in [7, 11) is 1.62. The van der Waals surface area contributed by atoms with Crippen LogP contribution in [-0.2, 0) is 17.9 Å². The Morgan fingerprint density at radius 1 is 1.69 bits per heavy atom. The van der Waals surface area contributed by atoms with Crippen molar-refractivity contribution in [1.82, 2.24) is 10.1 Å². The van der Waals surface area contributed by atoms with E-state index in [1.165, 1.54) is 0 Å². The maximum absolute atomic E-state index is 9.83. The monoisotopic (exact) mass is 226 g/mol. The maximum atomic E-state index is 9.83. The second kappa shape index (κ2) is 4.53. The first-order valence-electron chi connectivity index (χ1n) is 5.47. The van der Waals surface area contributed by atoms with Crippen LogP contribution in [0.25, 0.3) is 0 Å². The number of nitrogens with zero attached hydrogens (tertiary/aromatic N) is 2. The number of hydrogen-bond donors (Lipinski definition) is 1. The van der Waals surface area contributed by atoms with Crippen LogP contribution in [0.3, 0.4) is 0 Å². The van der Waals surface area contributed by atoms with Gasteiger partial charge in [0.1, 0.15) is 6.61 Å². The lowest BCUT2D eigenvalue weighted by Gasteiger charge is -2.17. The van der Waals surface area contributed by atoms with E-state index in [9.17, 15) is 5.11 Å². The number of aliphatic hydroxyl groups is 1. The summed E-state index contributed by atoms with van der Waals surface area (Å²) < 4.78 is 10.1. The van der Waals surface area contributed by atoms with Gasteiger partial charge in [0.2, 0.25) is 0 Å². The van der Waals surface area contributed by atoms with Gasteiger partial charge in [0.15, 0.2) is 5.76 Å². The van der Waals surface area contributed by atoms with E-state index in [1.54, 1.807) is 7.11 Å². The highest BCUT2D eigenvalue weighted by Gasteiger charge is 2.31. The van der Waals surface area contributed by atoms with Crippen LogP contribution in [-0.4, -0.2) is 41.0 Å². The van der Waals surface area contributed by atoms with Crippen molar-refractivity contribution in [2.45, 2.75) is 32.1 Å². The third-order valence-electron chi connectivity index (χ3n) is 2.81. The smallest absolute Gasteiger partial charge is 0.162 e. The zero-order valence-corrected chi connectivity index (χ0v) is 9.77. The van der Waals surface area contributed by atoms with E-state index >= 15 is 0 Å². The highest BCUT2D eigenvalue weighted by atomic mass is 16.5. The molecule has 0 aliphatic carbocycles. The molecule has 0 aromatic carbocycles. The van der Waals surface area contributed by atoms with Crippen molar-refractivity contribution in [3.8, 4) is 0 Å². The molecule has 5 heteroatoms. The van der Waals surface area contributed by atoms with E-state index in [4.69, 9.17) is 9.26 Å². The van der Waals surface area contributed by atoms with Gasteiger partial charge in [0.05, 0.1) is 11.3 Å². The molecular formula is C11H18N2O3. The average molecular weight is 226 g/mol. The highest BCUT2D eigenvalue weighted by molar-refractivity contribution is 5.05. The molecule has 1 fully saturated rings. The lowest BCUT2D eigenvalue weighted by atomic mass is 10.1. The zero-order valence-electron chi connectivity index (χ0n) is 9.77. The van der Waals surface area contributed by atoms with Gasteiger partial charge in [-0.15, -0.1) is 0 Å². The number of hydrogen-bond acceptors (Lipinski definition) is 5. The number of aromatic nitrogens is 1. The average Bonchev–Trinajstić information content (AvgIpc) is 2.75. The molecule has 0 radical (unpaired) electrons. The van der Waals surface area contributed by atoms with E-state index in [1.807, 2.05) is 13.0 Å². The molecule has 0 spiro atoms. The summed E-state index contributed by atoms with van der Waals surface area (Å²) in [5, 5.41) is 13.8. The molecule has 1 aromatic heterocycles. The van der Waals surface area contributed by atoms with Crippen molar-refractivity contribution in [1.29, 1.82) is 0 Å². The van der Waals surface area contributed by atoms with Crippen LogP contribution >= 0.6 is 0 Å². The second-order valence-corrected chi connectivity index (χ2v) is 4.68. The predicted octanol–water partition coefficient (Wildman–Crippen LogP) is 0.778. The number of likely N-dealkylation sites (tertiary alicyclic amines) is 1. The Morgan fingerprint density at radius 2 is 2.50 bits per heavy atom. The zero-order chi connectivity index (χ0) is 11.6. The van der Waals surface area contributed by atoms with Gasteiger partial charge >= 0.3 is 0 Å². The lowest BCUT2D eigenvalue weighted by Crippen LogP contribution is -2.29. The molecule has 0 bridgehead atoms. The van der Waals surface area contributed by atoms with E-state index < -0.39 is 5.60 Å². The largest absolute Gasteiger partial charge is 0.389 e. The molecule has 1 atom stereocenters. The Bertz CT molecular complexity index is 349. The van der Waals surface area contributed by atoms with Crippen molar-refractivity contribution < 1.29 is 14.4 Å². The molecule has 0 amide bonds. The number of methoxy groups -OCH3 is 1. The molecule has 90 valence electrons. The van der Waals surface area contributed by atoms with Crippen molar-refractivity contribution in [2.24, 2.45) is 0 Å². The van der Waals surface area contributed by atoms with Gasteiger partial charge in [0.25, 0.3) is 0 Å². The maximum Gasteiger partial charge on any atom is 0.162 e. The summed E-state index contributed by atoms with van der Waals surface area (Å²) in [5.74, 6) is 0.739. The SMILES string of the molecule is COCc1cc(CN2CCC(C)(O)C2)no1. The molecule has 0 saturated carbocycles. The summed E-state index contributed by atoms with van der Waals surface area (Å²) in [6.07, 6.45) is 0.815. The Labute approximate surface area is 95.0 Å². The summed E-state index contributed by atoms with van der Waals surface area (Å²) in [5.41, 5.74) is 0.337. The Morgan fingerprint density at radius 3 is 3.12 bits per heavy atom. The molecule has 2 rings (SSSR count). The molecule has 1 saturated heterocycles. The van der Waals surface area contributed by atoms with Gasteiger partial charge in [-0.1, -0.05) is 5.16 Å². The van der Waals surface area contributed by atoms with E-state index in [0.29, 0.717) is 13.2 Å². The number of β-amino-alcohol motifs (C(OH)–C–C–N with tert-alkyl or cyclic N) is 1. The van der Waals surface area contributed by atoms with Crippen LogP contribution in [0.5, 0.6) is 0 Å². The first-order chi connectivity index (χ1) is 7.59.